The highest BCUT2D eigenvalue weighted by atomic mass is 16.7. The van der Waals surface area contributed by atoms with E-state index in [4.69, 9.17) is 9.57 Å². The van der Waals surface area contributed by atoms with Gasteiger partial charge in [-0.2, -0.15) is 0 Å². The molecule has 20 heavy (non-hydrogen) atoms. The van der Waals surface area contributed by atoms with E-state index in [-0.39, 0.29) is 12.0 Å². The van der Waals surface area contributed by atoms with E-state index < -0.39 is 0 Å². The fourth-order valence-electron chi connectivity index (χ4n) is 2.13. The van der Waals surface area contributed by atoms with E-state index in [0.717, 1.165) is 17.8 Å². The van der Waals surface area contributed by atoms with Crippen LogP contribution in [-0.2, 0) is 9.53 Å². The highest BCUT2D eigenvalue weighted by Crippen LogP contribution is 2.07. The maximum absolute atomic E-state index is 11.6. The number of hydrogen-bond donors (Lipinski definition) is 0. The molecule has 1 aromatic rings. The van der Waals surface area contributed by atoms with Gasteiger partial charge in [0.25, 0.3) is 6.33 Å². The molecule has 0 N–H and O–H groups in total. The minimum Gasteiger partial charge on any atom is -0.466 e. The van der Waals surface area contributed by atoms with Gasteiger partial charge in [0.1, 0.15) is 12.3 Å². The summed E-state index contributed by atoms with van der Waals surface area (Å²) in [5, 5.41) is 0. The maximum atomic E-state index is 11.6. The predicted molar refractivity (Wildman–Crippen MR) is 76.4 cm³/mol. The first-order valence-corrected chi connectivity index (χ1v) is 7.33. The highest BCUT2D eigenvalue weighted by molar-refractivity contribution is 5.71. The molecule has 0 amide bonds. The van der Waals surface area contributed by atoms with Gasteiger partial charge in [-0.05, 0) is 24.5 Å². The quantitative estimate of drug-likeness (QED) is 0.417. The normalized spacial score (nSPS) is 12.2. The molecule has 0 saturated heterocycles. The summed E-state index contributed by atoms with van der Waals surface area (Å²) in [6.07, 6.45) is 6.53. The molecule has 0 aliphatic rings. The van der Waals surface area contributed by atoms with Gasteiger partial charge in [-0.3, -0.25) is 0 Å². The maximum Gasteiger partial charge on any atom is 0.351 e. The van der Waals surface area contributed by atoms with Crippen molar-refractivity contribution >= 4 is 5.97 Å². The number of esters is 1. The zero-order valence-electron chi connectivity index (χ0n) is 13.3. The van der Waals surface area contributed by atoms with Crippen LogP contribution in [-0.4, -0.2) is 24.4 Å². The second kappa shape index (κ2) is 7.92. The minimum absolute atomic E-state index is 0.252. The van der Waals surface area contributed by atoms with Crippen molar-refractivity contribution < 1.29 is 18.9 Å². The average Bonchev–Trinajstić information content (AvgIpc) is 2.73. The molecule has 0 bridgehead atoms. The van der Waals surface area contributed by atoms with Gasteiger partial charge in [-0.15, -0.1) is 0 Å². The van der Waals surface area contributed by atoms with E-state index in [9.17, 15) is 4.79 Å². The summed E-state index contributed by atoms with van der Waals surface area (Å²) in [6, 6.07) is -0.344. The summed E-state index contributed by atoms with van der Waals surface area (Å²) in [7, 11) is 1.41. The number of carbonyl (C=O) groups is 1. The third kappa shape index (κ3) is 3.99. The molecule has 1 heterocycles. The van der Waals surface area contributed by atoms with Gasteiger partial charge in [-0.1, -0.05) is 19.8 Å². The summed E-state index contributed by atoms with van der Waals surface area (Å²) >= 11 is 0. The lowest BCUT2D eigenvalue weighted by Gasteiger charge is -2.06. The van der Waals surface area contributed by atoms with Crippen molar-refractivity contribution in [3.05, 3.63) is 17.7 Å². The number of hydrogen-bond acceptors (Lipinski definition) is 3. The molecule has 114 valence electrons. The molecule has 1 atom stereocenters. The lowest BCUT2D eigenvalue weighted by Crippen LogP contribution is -2.43. The van der Waals surface area contributed by atoms with Crippen molar-refractivity contribution in [3.63, 3.8) is 0 Å². The Kier molecular flexibility index (Phi) is 6.55. The number of imidazole rings is 1. The Morgan fingerprint density at radius 1 is 1.35 bits per heavy atom. The van der Waals surface area contributed by atoms with E-state index in [2.05, 4.69) is 6.92 Å². The lowest BCUT2D eigenvalue weighted by atomic mass is 10.2. The van der Waals surface area contributed by atoms with Crippen LogP contribution in [0.25, 0.3) is 0 Å². The molecular formula is C15H27N2O3+. The van der Waals surface area contributed by atoms with Crippen LogP contribution in [0.4, 0.5) is 0 Å². The van der Waals surface area contributed by atoms with Crippen molar-refractivity contribution in [1.82, 2.24) is 4.73 Å². The Morgan fingerprint density at radius 3 is 2.65 bits per heavy atom. The van der Waals surface area contributed by atoms with Gasteiger partial charge < -0.3 is 9.57 Å². The number of methoxy groups -OCH3 is 1. The van der Waals surface area contributed by atoms with Crippen molar-refractivity contribution in [3.8, 4) is 0 Å². The number of ether oxygens (including phenoxy) is 1. The van der Waals surface area contributed by atoms with E-state index in [1.54, 1.807) is 4.73 Å². The van der Waals surface area contributed by atoms with Gasteiger partial charge in [0, 0.05) is 13.8 Å². The van der Waals surface area contributed by atoms with Crippen LogP contribution in [0.3, 0.4) is 0 Å². The van der Waals surface area contributed by atoms with Crippen molar-refractivity contribution in [2.24, 2.45) is 0 Å². The Morgan fingerprint density at radius 2 is 2.05 bits per heavy atom. The third-order valence-electron chi connectivity index (χ3n) is 3.66. The van der Waals surface area contributed by atoms with Gasteiger partial charge in [0.05, 0.1) is 7.11 Å². The predicted octanol–water partition coefficient (Wildman–Crippen LogP) is 2.14. The monoisotopic (exact) mass is 283 g/mol. The first-order valence-electron chi connectivity index (χ1n) is 7.33. The van der Waals surface area contributed by atoms with Crippen LogP contribution in [0.5, 0.6) is 0 Å². The fraction of sp³-hybridized carbons (Fsp3) is 0.733. The van der Waals surface area contributed by atoms with E-state index >= 15 is 0 Å². The first kappa shape index (κ1) is 16.5. The summed E-state index contributed by atoms with van der Waals surface area (Å²) in [5.74, 6) is -0.252. The van der Waals surface area contributed by atoms with E-state index in [1.165, 1.54) is 26.4 Å². The number of carbonyl (C=O) groups excluding carboxylic acids is 1. The molecule has 0 aliphatic carbocycles. The molecule has 0 radical (unpaired) electrons. The molecular weight excluding hydrogens is 256 g/mol. The van der Waals surface area contributed by atoms with Crippen molar-refractivity contribution in [2.45, 2.75) is 59.4 Å². The van der Waals surface area contributed by atoms with Crippen LogP contribution in [0.1, 0.15) is 57.0 Å². The standard InChI is InChI=1S/C15H27N2O3/c1-6-7-8-9-10-20-17-11-16(12(2)13(17)3)14(4)15(18)19-5/h11,14H,6-10H2,1-5H3/q+1/t14-/m0/s1. The van der Waals surface area contributed by atoms with Crippen molar-refractivity contribution in [2.75, 3.05) is 13.7 Å². The van der Waals surface area contributed by atoms with Crippen LogP contribution in [0, 0.1) is 13.8 Å². The second-order valence-electron chi connectivity index (χ2n) is 5.11. The summed E-state index contributed by atoms with van der Waals surface area (Å²) in [5.41, 5.74) is 2.02. The van der Waals surface area contributed by atoms with Crippen LogP contribution < -0.4 is 9.40 Å². The van der Waals surface area contributed by atoms with Gasteiger partial charge in [0.2, 0.25) is 0 Å². The topological polar surface area (TPSA) is 44.3 Å². The fourth-order valence-corrected chi connectivity index (χ4v) is 2.13. The Hall–Kier alpha value is -1.52. The van der Waals surface area contributed by atoms with Crippen LogP contribution in [0.2, 0.25) is 0 Å². The molecule has 0 spiro atoms. The first-order chi connectivity index (χ1) is 9.52. The van der Waals surface area contributed by atoms with Gasteiger partial charge >= 0.3 is 5.97 Å². The van der Waals surface area contributed by atoms with E-state index in [0.29, 0.717) is 6.61 Å². The van der Waals surface area contributed by atoms with Gasteiger partial charge in [-0.25, -0.2) is 9.36 Å². The zero-order valence-corrected chi connectivity index (χ0v) is 13.3. The summed E-state index contributed by atoms with van der Waals surface area (Å²) in [6.45, 7) is 8.68. The SMILES string of the molecule is CCCCCCOn1c[n+]([C@@H](C)C(=O)OC)c(C)c1C. The number of unbranched alkanes of at least 4 members (excludes halogenated alkanes) is 3. The van der Waals surface area contributed by atoms with E-state index in [1.807, 2.05) is 31.7 Å². The van der Waals surface area contributed by atoms with Crippen LogP contribution in [0.15, 0.2) is 6.33 Å². The summed E-state index contributed by atoms with van der Waals surface area (Å²) < 4.78 is 8.42. The van der Waals surface area contributed by atoms with Gasteiger partial charge in [0.15, 0.2) is 11.7 Å². The molecule has 0 unspecified atom stereocenters. The smallest absolute Gasteiger partial charge is 0.351 e. The molecule has 1 rings (SSSR count). The minimum atomic E-state index is -0.344. The number of rotatable bonds is 8. The molecule has 0 fully saturated rings. The number of nitrogens with zero attached hydrogens (tertiary/aromatic N) is 2. The lowest BCUT2D eigenvalue weighted by molar-refractivity contribution is -0.713. The van der Waals surface area contributed by atoms with Crippen molar-refractivity contribution in [1.29, 1.82) is 0 Å². The zero-order chi connectivity index (χ0) is 15.1. The Bertz CT molecular complexity index is 441. The molecule has 0 aromatic carbocycles. The molecule has 5 heteroatoms. The highest BCUT2D eigenvalue weighted by Gasteiger charge is 2.27. The molecule has 0 aliphatic heterocycles. The Balaban J connectivity index is 2.67. The molecule has 1 aromatic heterocycles. The largest absolute Gasteiger partial charge is 0.466 e. The third-order valence-corrected chi connectivity index (χ3v) is 3.66. The second-order valence-corrected chi connectivity index (χ2v) is 5.11. The Labute approximate surface area is 121 Å². The average molecular weight is 283 g/mol. The number of aromatic nitrogens is 2. The molecule has 5 nitrogen and oxygen atoms in total. The summed E-state index contributed by atoms with van der Waals surface area (Å²) in [4.78, 5) is 17.4. The molecule has 0 saturated carbocycles. The van der Waals surface area contributed by atoms with Crippen LogP contribution >= 0.6 is 0 Å².